The van der Waals surface area contributed by atoms with Gasteiger partial charge in [-0.3, -0.25) is 9.59 Å². The van der Waals surface area contributed by atoms with Gasteiger partial charge in [0.15, 0.2) is 0 Å². The van der Waals surface area contributed by atoms with E-state index in [1.165, 1.54) is 0 Å². The molecule has 2 heterocycles. The second kappa shape index (κ2) is 4.59. The van der Waals surface area contributed by atoms with Gasteiger partial charge in [-0.15, -0.1) is 0 Å². The van der Waals surface area contributed by atoms with E-state index < -0.39 is 0 Å². The lowest BCUT2D eigenvalue weighted by Gasteiger charge is -2.12. The van der Waals surface area contributed by atoms with E-state index in [0.717, 1.165) is 10.5 Å². The van der Waals surface area contributed by atoms with Gasteiger partial charge in [0.05, 0.1) is 11.1 Å². The van der Waals surface area contributed by atoms with Gasteiger partial charge in [0, 0.05) is 11.5 Å². The first-order valence-electron chi connectivity index (χ1n) is 5.71. The number of hydrogen-bond donors (Lipinski definition) is 0. The van der Waals surface area contributed by atoms with E-state index in [9.17, 15) is 9.59 Å². The zero-order valence-corrected chi connectivity index (χ0v) is 11.4. The molecule has 1 aromatic carbocycles. The van der Waals surface area contributed by atoms with Crippen LogP contribution in [0.1, 0.15) is 26.3 Å². The monoisotopic (exact) mass is 316 g/mol. The Hall–Kier alpha value is -2.01. The maximum Gasteiger partial charge on any atom is 0.267 e. The van der Waals surface area contributed by atoms with Gasteiger partial charge in [-0.05, 0) is 23.8 Å². The third-order valence-corrected chi connectivity index (χ3v) is 3.63. The van der Waals surface area contributed by atoms with E-state index in [1.54, 1.807) is 36.5 Å². The number of carbonyl (C=O) groups is 2. The maximum absolute atomic E-state index is 12.2. The molecule has 5 heteroatoms. The summed E-state index contributed by atoms with van der Waals surface area (Å²) in [5, 5.41) is 0.683. The molecule has 0 atom stereocenters. The summed E-state index contributed by atoms with van der Waals surface area (Å²) >= 11 is 3.33. The van der Waals surface area contributed by atoms with Gasteiger partial charge >= 0.3 is 0 Å². The molecule has 2 aromatic rings. The number of halogens is 1. The van der Waals surface area contributed by atoms with Crippen molar-refractivity contribution < 1.29 is 9.59 Å². The molecule has 0 N–H and O–H groups in total. The summed E-state index contributed by atoms with van der Waals surface area (Å²) in [7, 11) is 0. The molecule has 0 spiro atoms. The Morgan fingerprint density at radius 1 is 1.00 bits per heavy atom. The number of rotatable bonds is 2. The lowest BCUT2D eigenvalue weighted by Crippen LogP contribution is -2.30. The van der Waals surface area contributed by atoms with Gasteiger partial charge in [-0.1, -0.05) is 34.1 Å². The van der Waals surface area contributed by atoms with Crippen LogP contribution < -0.4 is 4.90 Å². The molecule has 3 rings (SSSR count). The SMILES string of the molecule is O=C1c2ccccc2C(=O)N1c1ccc(CBr)cn1. The maximum atomic E-state index is 12.2. The van der Waals surface area contributed by atoms with Crippen molar-refractivity contribution in [3.63, 3.8) is 0 Å². The van der Waals surface area contributed by atoms with Crippen LogP contribution in [0.2, 0.25) is 0 Å². The number of amides is 2. The Labute approximate surface area is 118 Å². The number of aromatic nitrogens is 1. The van der Waals surface area contributed by atoms with E-state index in [1.807, 2.05) is 6.07 Å². The van der Waals surface area contributed by atoms with Crippen molar-refractivity contribution in [1.29, 1.82) is 0 Å². The molecule has 19 heavy (non-hydrogen) atoms. The number of hydrogen-bond acceptors (Lipinski definition) is 3. The number of nitrogens with zero attached hydrogens (tertiary/aromatic N) is 2. The highest BCUT2D eigenvalue weighted by Crippen LogP contribution is 2.26. The number of benzene rings is 1. The Balaban J connectivity index is 2.03. The van der Waals surface area contributed by atoms with Crippen LogP contribution in [0, 0.1) is 0 Å². The van der Waals surface area contributed by atoms with Gasteiger partial charge in [0.2, 0.25) is 0 Å². The second-order valence-corrected chi connectivity index (χ2v) is 4.71. The summed E-state index contributed by atoms with van der Waals surface area (Å²) in [6.45, 7) is 0. The zero-order valence-electron chi connectivity index (χ0n) is 9.84. The van der Waals surface area contributed by atoms with Gasteiger partial charge in [0.1, 0.15) is 5.82 Å². The van der Waals surface area contributed by atoms with Gasteiger partial charge < -0.3 is 0 Å². The smallest absolute Gasteiger partial charge is 0.267 e. The number of carbonyl (C=O) groups excluding carboxylic acids is 2. The normalized spacial score (nSPS) is 13.8. The van der Waals surface area contributed by atoms with Crippen LogP contribution in [0.4, 0.5) is 5.82 Å². The van der Waals surface area contributed by atoms with Crippen molar-refractivity contribution in [2.45, 2.75) is 5.33 Å². The molecule has 0 aliphatic carbocycles. The number of pyridine rings is 1. The molecule has 1 aromatic heterocycles. The minimum Gasteiger partial charge on any atom is -0.268 e. The average molecular weight is 317 g/mol. The zero-order chi connectivity index (χ0) is 13.4. The Kier molecular flexibility index (Phi) is 2.91. The molecule has 0 bridgehead atoms. The van der Waals surface area contributed by atoms with Crippen LogP contribution in [0.15, 0.2) is 42.6 Å². The fourth-order valence-corrected chi connectivity index (χ4v) is 2.36. The van der Waals surface area contributed by atoms with E-state index in [4.69, 9.17) is 0 Å². The lowest BCUT2D eigenvalue weighted by molar-refractivity contribution is 0.0925. The molecule has 94 valence electrons. The molecule has 0 saturated carbocycles. The standard InChI is InChI=1S/C14H9BrN2O2/c15-7-9-5-6-12(16-8-9)17-13(18)10-3-1-2-4-11(10)14(17)19/h1-6,8H,7H2. The highest BCUT2D eigenvalue weighted by molar-refractivity contribution is 9.08. The molecular formula is C14H9BrN2O2. The fraction of sp³-hybridized carbons (Fsp3) is 0.0714. The van der Waals surface area contributed by atoms with Crippen molar-refractivity contribution in [1.82, 2.24) is 4.98 Å². The number of anilines is 1. The Bertz CT molecular complexity index is 632. The first-order valence-corrected chi connectivity index (χ1v) is 6.83. The number of fused-ring (bicyclic) bond motifs is 1. The van der Waals surface area contributed by atoms with Crippen molar-refractivity contribution in [3.05, 3.63) is 59.3 Å². The minimum atomic E-state index is -0.320. The molecule has 0 radical (unpaired) electrons. The van der Waals surface area contributed by atoms with Crippen molar-refractivity contribution in [2.24, 2.45) is 0 Å². The molecule has 1 aliphatic heterocycles. The van der Waals surface area contributed by atoms with E-state index in [-0.39, 0.29) is 11.8 Å². The summed E-state index contributed by atoms with van der Waals surface area (Å²) in [6, 6.07) is 10.3. The van der Waals surface area contributed by atoms with Crippen LogP contribution in [0.25, 0.3) is 0 Å². The fourth-order valence-electron chi connectivity index (χ4n) is 2.03. The third-order valence-electron chi connectivity index (χ3n) is 2.99. The predicted molar refractivity (Wildman–Crippen MR) is 74.5 cm³/mol. The molecule has 2 amide bonds. The largest absolute Gasteiger partial charge is 0.268 e. The van der Waals surface area contributed by atoms with Crippen LogP contribution in [-0.2, 0) is 5.33 Å². The Morgan fingerprint density at radius 2 is 1.63 bits per heavy atom. The highest BCUT2D eigenvalue weighted by Gasteiger charge is 2.36. The van der Waals surface area contributed by atoms with Crippen LogP contribution in [-0.4, -0.2) is 16.8 Å². The predicted octanol–water partition coefficient (Wildman–Crippen LogP) is 2.78. The Morgan fingerprint density at radius 3 is 2.11 bits per heavy atom. The molecular weight excluding hydrogens is 308 g/mol. The second-order valence-electron chi connectivity index (χ2n) is 4.15. The molecule has 0 saturated heterocycles. The summed E-state index contributed by atoms with van der Waals surface area (Å²) < 4.78 is 0. The summed E-state index contributed by atoms with van der Waals surface area (Å²) in [4.78, 5) is 29.7. The number of imide groups is 1. The quantitative estimate of drug-likeness (QED) is 0.632. The molecule has 0 unspecified atom stereocenters. The lowest BCUT2D eigenvalue weighted by atomic mass is 10.1. The van der Waals surface area contributed by atoms with Gasteiger partial charge in [-0.25, -0.2) is 9.88 Å². The summed E-state index contributed by atoms with van der Waals surface area (Å²) in [5.41, 5.74) is 1.85. The first-order chi connectivity index (χ1) is 9.22. The van der Waals surface area contributed by atoms with Crippen LogP contribution in [0.3, 0.4) is 0 Å². The van der Waals surface area contributed by atoms with Crippen molar-refractivity contribution in [2.75, 3.05) is 4.90 Å². The summed E-state index contributed by atoms with van der Waals surface area (Å²) in [6.07, 6.45) is 1.65. The third kappa shape index (κ3) is 1.86. The summed E-state index contributed by atoms with van der Waals surface area (Å²) in [5.74, 6) is -0.282. The highest BCUT2D eigenvalue weighted by atomic mass is 79.9. The van der Waals surface area contributed by atoms with Crippen LogP contribution >= 0.6 is 15.9 Å². The van der Waals surface area contributed by atoms with Crippen LogP contribution in [0.5, 0.6) is 0 Å². The minimum absolute atomic E-state index is 0.320. The topological polar surface area (TPSA) is 50.3 Å². The van der Waals surface area contributed by atoms with E-state index in [2.05, 4.69) is 20.9 Å². The van der Waals surface area contributed by atoms with Crippen molar-refractivity contribution in [3.8, 4) is 0 Å². The molecule has 1 aliphatic rings. The van der Waals surface area contributed by atoms with Gasteiger partial charge in [-0.2, -0.15) is 0 Å². The average Bonchev–Trinajstić information content (AvgIpc) is 2.72. The van der Waals surface area contributed by atoms with E-state index in [0.29, 0.717) is 22.3 Å². The van der Waals surface area contributed by atoms with Gasteiger partial charge in [0.25, 0.3) is 11.8 Å². The number of alkyl halides is 1. The van der Waals surface area contributed by atoms with Crippen molar-refractivity contribution >= 4 is 33.6 Å². The molecule has 0 fully saturated rings. The first kappa shape index (κ1) is 12.0. The van der Waals surface area contributed by atoms with E-state index >= 15 is 0 Å². The molecule has 4 nitrogen and oxygen atoms in total.